The molecule has 2 saturated heterocycles. The predicted molar refractivity (Wildman–Crippen MR) is 133 cm³/mol. The maximum Gasteiger partial charge on any atom is 0.263 e. The van der Waals surface area contributed by atoms with Gasteiger partial charge < -0.3 is 20.1 Å². The molecule has 2 aliphatic heterocycles. The zero-order chi connectivity index (χ0) is 25.2. The number of nitrogens with zero attached hydrogens (tertiary/aromatic N) is 3. The second kappa shape index (κ2) is 9.88. The molecule has 0 aliphatic carbocycles. The van der Waals surface area contributed by atoms with Crippen molar-refractivity contribution in [1.29, 1.82) is 0 Å². The van der Waals surface area contributed by atoms with E-state index in [9.17, 15) is 9.59 Å². The Labute approximate surface area is 208 Å². The summed E-state index contributed by atoms with van der Waals surface area (Å²) in [5, 5.41) is 15.7. The number of hydrazine groups is 1. The molecule has 2 fully saturated rings. The van der Waals surface area contributed by atoms with Gasteiger partial charge in [0.25, 0.3) is 5.91 Å². The summed E-state index contributed by atoms with van der Waals surface area (Å²) >= 11 is 0. The summed E-state index contributed by atoms with van der Waals surface area (Å²) in [6.07, 6.45) is -0.953. The fourth-order valence-electron chi connectivity index (χ4n) is 4.37. The van der Waals surface area contributed by atoms with Gasteiger partial charge in [0.1, 0.15) is 23.5 Å². The van der Waals surface area contributed by atoms with Crippen LogP contribution in [0.1, 0.15) is 17.5 Å². The summed E-state index contributed by atoms with van der Waals surface area (Å²) in [5.74, 6) is 0.858. The molecular weight excluding hydrogens is 462 g/mol. The van der Waals surface area contributed by atoms with E-state index >= 15 is 0 Å². The van der Waals surface area contributed by atoms with Gasteiger partial charge in [0.2, 0.25) is 5.91 Å². The number of carbonyl (C=O) groups is 2. The van der Waals surface area contributed by atoms with Gasteiger partial charge in [-0.3, -0.25) is 19.9 Å². The number of benzene rings is 2. The lowest BCUT2D eigenvalue weighted by Gasteiger charge is -2.37. The molecule has 36 heavy (non-hydrogen) atoms. The molecule has 1 aromatic heterocycles. The van der Waals surface area contributed by atoms with Crippen LogP contribution in [-0.2, 0) is 9.59 Å². The summed E-state index contributed by atoms with van der Waals surface area (Å²) in [6.45, 7) is 4.16. The average molecular weight is 492 g/mol. The van der Waals surface area contributed by atoms with Crippen LogP contribution < -0.4 is 35.9 Å². The van der Waals surface area contributed by atoms with Crippen molar-refractivity contribution in [3.63, 3.8) is 0 Å². The number of aromatic nitrogens is 2. The van der Waals surface area contributed by atoms with Gasteiger partial charge in [0.15, 0.2) is 12.9 Å². The molecule has 2 aliphatic rings. The molecule has 4 N–H and O–H groups in total. The highest BCUT2D eigenvalue weighted by molar-refractivity contribution is 5.91. The largest absolute Gasteiger partial charge is 0.497 e. The van der Waals surface area contributed by atoms with Crippen molar-refractivity contribution in [3.05, 3.63) is 65.9 Å². The van der Waals surface area contributed by atoms with Crippen LogP contribution in [0.25, 0.3) is 0 Å². The second-order valence-corrected chi connectivity index (χ2v) is 8.83. The minimum absolute atomic E-state index is 0.0994. The standard InChI is InChI=1S/C25H29N7O4/c1-15-7-9-17(10-8-15)31-23-20(13-26-31)24(34)29-25(28-23)32-21(11-16(2)30-32)27-22(33)14-36-19-6-4-5-18(12-19)35-3/h4-12,20,23,25-26,28H,13-14H2,1-3H3,(H,27,33)(H,29,34). The van der Waals surface area contributed by atoms with E-state index in [1.165, 1.54) is 0 Å². The molecule has 5 rings (SSSR count). The number of anilines is 2. The first-order valence-corrected chi connectivity index (χ1v) is 11.7. The summed E-state index contributed by atoms with van der Waals surface area (Å²) in [4.78, 5) is 25.6. The van der Waals surface area contributed by atoms with E-state index in [0.29, 0.717) is 29.6 Å². The Hall–Kier alpha value is -4.09. The van der Waals surface area contributed by atoms with Crippen LogP contribution in [0.4, 0.5) is 11.5 Å². The van der Waals surface area contributed by atoms with Crippen LogP contribution in [0, 0.1) is 19.8 Å². The molecule has 11 nitrogen and oxygen atoms in total. The van der Waals surface area contributed by atoms with E-state index in [4.69, 9.17) is 9.47 Å². The van der Waals surface area contributed by atoms with Crippen LogP contribution in [-0.4, -0.2) is 48.0 Å². The van der Waals surface area contributed by atoms with E-state index < -0.39 is 6.29 Å². The highest BCUT2D eigenvalue weighted by atomic mass is 16.5. The Kier molecular flexibility index (Phi) is 6.49. The molecule has 11 heteroatoms. The molecule has 3 unspecified atom stereocenters. The fraction of sp³-hybridized carbons (Fsp3) is 0.320. The minimum Gasteiger partial charge on any atom is -0.497 e. The van der Waals surface area contributed by atoms with Crippen LogP contribution >= 0.6 is 0 Å². The van der Waals surface area contributed by atoms with Gasteiger partial charge >= 0.3 is 0 Å². The van der Waals surface area contributed by atoms with Crippen molar-refractivity contribution >= 4 is 23.3 Å². The molecule has 3 atom stereocenters. The second-order valence-electron chi connectivity index (χ2n) is 8.83. The van der Waals surface area contributed by atoms with E-state index in [-0.39, 0.29) is 30.5 Å². The van der Waals surface area contributed by atoms with Gasteiger partial charge in [-0.2, -0.15) is 5.10 Å². The normalized spacial score (nSPS) is 21.0. The topological polar surface area (TPSA) is 122 Å². The molecule has 2 aromatic carbocycles. The molecule has 188 valence electrons. The molecule has 0 bridgehead atoms. The third-order valence-electron chi connectivity index (χ3n) is 6.18. The van der Waals surface area contributed by atoms with Gasteiger partial charge in [-0.15, -0.1) is 0 Å². The van der Waals surface area contributed by atoms with Crippen molar-refractivity contribution in [3.8, 4) is 11.5 Å². The number of fused-ring (bicyclic) bond motifs is 1. The molecule has 0 saturated carbocycles. The molecule has 3 aromatic rings. The predicted octanol–water partition coefficient (Wildman–Crippen LogP) is 1.67. The van der Waals surface area contributed by atoms with Crippen molar-refractivity contribution in [1.82, 2.24) is 25.8 Å². The monoisotopic (exact) mass is 491 g/mol. The number of rotatable bonds is 7. The number of hydrogen-bond donors (Lipinski definition) is 4. The summed E-state index contributed by atoms with van der Waals surface area (Å²) in [6, 6.07) is 16.9. The molecule has 0 spiro atoms. The minimum atomic E-state index is -0.657. The van der Waals surface area contributed by atoms with Crippen molar-refractivity contribution in [2.45, 2.75) is 26.3 Å². The van der Waals surface area contributed by atoms with Crippen LogP contribution in [0.15, 0.2) is 54.6 Å². The zero-order valence-electron chi connectivity index (χ0n) is 20.3. The number of amides is 2. The van der Waals surface area contributed by atoms with Gasteiger partial charge in [-0.25, -0.2) is 10.1 Å². The van der Waals surface area contributed by atoms with E-state index in [1.807, 2.05) is 43.1 Å². The first-order chi connectivity index (χ1) is 17.4. The van der Waals surface area contributed by atoms with Crippen LogP contribution in [0.5, 0.6) is 11.5 Å². The van der Waals surface area contributed by atoms with E-state index in [2.05, 4.69) is 26.5 Å². The zero-order valence-corrected chi connectivity index (χ0v) is 20.3. The first kappa shape index (κ1) is 23.6. The lowest BCUT2D eigenvalue weighted by Crippen LogP contribution is -2.61. The Bertz CT molecular complexity index is 1260. The molecular formula is C25H29N7O4. The SMILES string of the molecule is COc1cccc(OCC(=O)Nc2cc(C)nn2C2NC(=O)C3CNN(c4ccc(C)cc4)C3N2)c1. The summed E-state index contributed by atoms with van der Waals surface area (Å²) in [5.41, 5.74) is 6.12. The maximum atomic E-state index is 13.0. The number of hydrogen-bond acceptors (Lipinski definition) is 8. The third-order valence-corrected chi connectivity index (χ3v) is 6.18. The third kappa shape index (κ3) is 4.83. The number of nitrogens with one attached hydrogen (secondary N) is 4. The Morgan fingerprint density at radius 3 is 2.69 bits per heavy atom. The maximum absolute atomic E-state index is 13.0. The van der Waals surface area contributed by atoms with Gasteiger partial charge in [0, 0.05) is 18.7 Å². The van der Waals surface area contributed by atoms with Gasteiger partial charge in [-0.1, -0.05) is 23.8 Å². The van der Waals surface area contributed by atoms with Crippen LogP contribution in [0.3, 0.4) is 0 Å². The average Bonchev–Trinajstić information content (AvgIpc) is 3.47. The summed E-state index contributed by atoms with van der Waals surface area (Å²) < 4.78 is 12.3. The number of methoxy groups -OCH3 is 1. The number of aryl methyl sites for hydroxylation is 2. The van der Waals surface area contributed by atoms with Crippen molar-refractivity contribution in [2.24, 2.45) is 5.92 Å². The first-order valence-electron chi connectivity index (χ1n) is 11.7. The van der Waals surface area contributed by atoms with Crippen molar-refractivity contribution in [2.75, 3.05) is 30.6 Å². The van der Waals surface area contributed by atoms with Gasteiger partial charge in [0.05, 0.1) is 24.4 Å². The Morgan fingerprint density at radius 1 is 1.14 bits per heavy atom. The van der Waals surface area contributed by atoms with Crippen LogP contribution in [0.2, 0.25) is 0 Å². The van der Waals surface area contributed by atoms with Crippen molar-refractivity contribution < 1.29 is 19.1 Å². The fourth-order valence-corrected chi connectivity index (χ4v) is 4.37. The number of carbonyl (C=O) groups excluding carboxylic acids is 2. The smallest absolute Gasteiger partial charge is 0.263 e. The van der Waals surface area contributed by atoms with E-state index in [1.54, 1.807) is 42.1 Å². The Balaban J connectivity index is 1.29. The lowest BCUT2D eigenvalue weighted by atomic mass is 10.0. The highest BCUT2D eigenvalue weighted by Crippen LogP contribution is 2.28. The Morgan fingerprint density at radius 2 is 1.92 bits per heavy atom. The highest BCUT2D eigenvalue weighted by Gasteiger charge is 2.45. The summed E-state index contributed by atoms with van der Waals surface area (Å²) in [7, 11) is 1.57. The number of ether oxygens (including phenoxy) is 2. The quantitative estimate of drug-likeness (QED) is 0.394. The molecule has 2 amide bonds. The van der Waals surface area contributed by atoms with E-state index in [0.717, 1.165) is 11.3 Å². The molecule has 3 heterocycles. The molecule has 0 radical (unpaired) electrons. The van der Waals surface area contributed by atoms with Gasteiger partial charge in [-0.05, 0) is 38.1 Å². The lowest BCUT2D eigenvalue weighted by molar-refractivity contribution is -0.129.